The predicted octanol–water partition coefficient (Wildman–Crippen LogP) is 2.65. The Morgan fingerprint density at radius 3 is 2.71 bits per heavy atom. The summed E-state index contributed by atoms with van der Waals surface area (Å²) in [6.45, 7) is 5.50. The van der Waals surface area contributed by atoms with Crippen molar-refractivity contribution in [1.82, 2.24) is 9.78 Å². The fourth-order valence-electron chi connectivity index (χ4n) is 1.39. The van der Waals surface area contributed by atoms with Crippen LogP contribution in [0.3, 0.4) is 0 Å². The van der Waals surface area contributed by atoms with Crippen LogP contribution in [0, 0.1) is 19.8 Å². The molecular formula is C10H15BrN2O. The van der Waals surface area contributed by atoms with E-state index in [1.807, 2.05) is 18.5 Å². The highest BCUT2D eigenvalue weighted by molar-refractivity contribution is 9.10. The summed E-state index contributed by atoms with van der Waals surface area (Å²) in [6, 6.07) is 0. The number of aryl methyl sites for hydroxylation is 1. The van der Waals surface area contributed by atoms with Gasteiger partial charge in [-0.2, -0.15) is 5.10 Å². The molecule has 0 atom stereocenters. The van der Waals surface area contributed by atoms with Gasteiger partial charge in [-0.1, -0.05) is 0 Å². The van der Waals surface area contributed by atoms with Gasteiger partial charge >= 0.3 is 0 Å². The van der Waals surface area contributed by atoms with Crippen LogP contribution in [0.15, 0.2) is 4.47 Å². The first-order valence-corrected chi connectivity index (χ1v) is 5.75. The number of hydrogen-bond donors (Lipinski definition) is 0. The molecule has 1 saturated carbocycles. The predicted molar refractivity (Wildman–Crippen MR) is 58.1 cm³/mol. The van der Waals surface area contributed by atoms with E-state index in [1.165, 1.54) is 12.8 Å². The molecule has 1 aliphatic rings. The molecule has 0 saturated heterocycles. The maximum absolute atomic E-state index is 5.57. The lowest BCUT2D eigenvalue weighted by Gasteiger charge is -2.05. The normalized spacial score (nSPS) is 16.2. The van der Waals surface area contributed by atoms with Gasteiger partial charge in [0, 0.05) is 0 Å². The Kier molecular flexibility index (Phi) is 2.93. The summed E-state index contributed by atoms with van der Waals surface area (Å²) in [5, 5.41) is 4.37. The summed E-state index contributed by atoms with van der Waals surface area (Å²) in [7, 11) is 0. The van der Waals surface area contributed by atoms with Crippen molar-refractivity contribution in [2.45, 2.75) is 33.4 Å². The largest absolute Gasteiger partial charge is 0.359 e. The molecule has 0 aromatic carbocycles. The van der Waals surface area contributed by atoms with Crippen molar-refractivity contribution >= 4 is 15.9 Å². The van der Waals surface area contributed by atoms with Crippen LogP contribution in [0.1, 0.15) is 24.2 Å². The molecule has 2 rings (SSSR count). The van der Waals surface area contributed by atoms with Crippen LogP contribution in [0.5, 0.6) is 0 Å². The first kappa shape index (κ1) is 10.2. The molecule has 1 aromatic heterocycles. The topological polar surface area (TPSA) is 27.1 Å². The summed E-state index contributed by atoms with van der Waals surface area (Å²) in [6.07, 6.45) is 2.67. The van der Waals surface area contributed by atoms with Crippen LogP contribution in [-0.4, -0.2) is 16.4 Å². The van der Waals surface area contributed by atoms with Crippen molar-refractivity contribution in [2.24, 2.45) is 5.92 Å². The molecule has 3 nitrogen and oxygen atoms in total. The number of aromatic nitrogens is 2. The van der Waals surface area contributed by atoms with E-state index in [1.54, 1.807) is 0 Å². The molecule has 4 heteroatoms. The average Bonchev–Trinajstić information content (AvgIpc) is 2.93. The van der Waals surface area contributed by atoms with Crippen molar-refractivity contribution in [3.8, 4) is 0 Å². The lowest BCUT2D eigenvalue weighted by Crippen LogP contribution is -2.07. The third-order valence-electron chi connectivity index (χ3n) is 2.56. The summed E-state index contributed by atoms with van der Waals surface area (Å²) >= 11 is 3.49. The second-order valence-electron chi connectivity index (χ2n) is 3.93. The van der Waals surface area contributed by atoms with Crippen molar-refractivity contribution in [3.63, 3.8) is 0 Å². The molecule has 0 bridgehead atoms. The second kappa shape index (κ2) is 4.03. The van der Waals surface area contributed by atoms with Gasteiger partial charge in [-0.25, -0.2) is 4.68 Å². The number of hydrogen-bond acceptors (Lipinski definition) is 2. The Hall–Kier alpha value is -0.350. The quantitative estimate of drug-likeness (QED) is 0.831. The van der Waals surface area contributed by atoms with Gasteiger partial charge in [0.1, 0.15) is 6.73 Å². The Labute approximate surface area is 92.6 Å². The van der Waals surface area contributed by atoms with Crippen LogP contribution in [0.4, 0.5) is 0 Å². The summed E-state index contributed by atoms with van der Waals surface area (Å²) < 4.78 is 8.57. The maximum atomic E-state index is 5.57. The fraction of sp³-hybridized carbons (Fsp3) is 0.700. The van der Waals surface area contributed by atoms with Gasteiger partial charge < -0.3 is 4.74 Å². The molecule has 0 unspecified atom stereocenters. The standard InChI is InChI=1S/C10H15BrN2O/c1-7-10(11)8(2)13(12-7)6-14-5-9-3-4-9/h9H,3-6H2,1-2H3. The third kappa shape index (κ3) is 2.17. The number of nitrogens with zero attached hydrogens (tertiary/aromatic N) is 2. The molecule has 0 spiro atoms. The van der Waals surface area contributed by atoms with E-state index >= 15 is 0 Å². The van der Waals surface area contributed by atoms with Crippen LogP contribution in [0.2, 0.25) is 0 Å². The van der Waals surface area contributed by atoms with E-state index in [2.05, 4.69) is 21.0 Å². The van der Waals surface area contributed by atoms with Gasteiger partial charge in [-0.05, 0) is 48.5 Å². The smallest absolute Gasteiger partial charge is 0.139 e. The minimum atomic E-state index is 0.578. The minimum Gasteiger partial charge on any atom is -0.359 e. The van der Waals surface area contributed by atoms with Crippen molar-refractivity contribution < 1.29 is 4.74 Å². The van der Waals surface area contributed by atoms with E-state index in [0.717, 1.165) is 28.4 Å². The van der Waals surface area contributed by atoms with Crippen molar-refractivity contribution in [2.75, 3.05) is 6.61 Å². The van der Waals surface area contributed by atoms with Crippen LogP contribution < -0.4 is 0 Å². The summed E-state index contributed by atoms with van der Waals surface area (Å²) in [5.41, 5.74) is 2.16. The van der Waals surface area contributed by atoms with Gasteiger partial charge in [0.25, 0.3) is 0 Å². The summed E-state index contributed by atoms with van der Waals surface area (Å²) in [4.78, 5) is 0. The van der Waals surface area contributed by atoms with E-state index in [9.17, 15) is 0 Å². The monoisotopic (exact) mass is 258 g/mol. The molecule has 0 aliphatic heterocycles. The van der Waals surface area contributed by atoms with Gasteiger partial charge in [0.2, 0.25) is 0 Å². The van der Waals surface area contributed by atoms with Gasteiger partial charge in [-0.3, -0.25) is 0 Å². The van der Waals surface area contributed by atoms with E-state index < -0.39 is 0 Å². The SMILES string of the molecule is Cc1nn(COCC2CC2)c(C)c1Br. The highest BCUT2D eigenvalue weighted by Crippen LogP contribution is 2.29. The maximum Gasteiger partial charge on any atom is 0.139 e. The molecule has 1 fully saturated rings. The van der Waals surface area contributed by atoms with E-state index in [-0.39, 0.29) is 0 Å². The zero-order chi connectivity index (χ0) is 10.1. The van der Waals surface area contributed by atoms with E-state index in [4.69, 9.17) is 4.74 Å². The Morgan fingerprint density at radius 1 is 1.50 bits per heavy atom. The molecule has 14 heavy (non-hydrogen) atoms. The van der Waals surface area contributed by atoms with Crippen molar-refractivity contribution in [1.29, 1.82) is 0 Å². The van der Waals surface area contributed by atoms with Crippen LogP contribution in [0.25, 0.3) is 0 Å². The molecule has 0 amide bonds. The molecular weight excluding hydrogens is 244 g/mol. The van der Waals surface area contributed by atoms with Crippen LogP contribution in [-0.2, 0) is 11.5 Å². The lowest BCUT2D eigenvalue weighted by atomic mass is 10.4. The van der Waals surface area contributed by atoms with Crippen LogP contribution >= 0.6 is 15.9 Å². The first-order chi connectivity index (χ1) is 6.68. The minimum absolute atomic E-state index is 0.578. The zero-order valence-corrected chi connectivity index (χ0v) is 10.2. The molecule has 1 heterocycles. The third-order valence-corrected chi connectivity index (χ3v) is 3.70. The average molecular weight is 259 g/mol. The number of rotatable bonds is 4. The molecule has 78 valence electrons. The highest BCUT2D eigenvalue weighted by atomic mass is 79.9. The van der Waals surface area contributed by atoms with Gasteiger partial charge in [0.15, 0.2) is 0 Å². The molecule has 0 N–H and O–H groups in total. The number of ether oxygens (including phenoxy) is 1. The lowest BCUT2D eigenvalue weighted by molar-refractivity contribution is 0.0597. The number of halogens is 1. The van der Waals surface area contributed by atoms with E-state index in [0.29, 0.717) is 6.73 Å². The Balaban J connectivity index is 1.90. The molecule has 0 radical (unpaired) electrons. The van der Waals surface area contributed by atoms with Gasteiger partial charge in [-0.15, -0.1) is 0 Å². The fourth-order valence-corrected chi connectivity index (χ4v) is 1.68. The molecule has 1 aromatic rings. The zero-order valence-electron chi connectivity index (χ0n) is 8.59. The Morgan fingerprint density at radius 2 is 2.21 bits per heavy atom. The van der Waals surface area contributed by atoms with Gasteiger partial charge in [0.05, 0.1) is 22.5 Å². The Bertz CT molecular complexity index is 331. The van der Waals surface area contributed by atoms with Crippen molar-refractivity contribution in [3.05, 3.63) is 15.9 Å². The first-order valence-electron chi connectivity index (χ1n) is 4.95. The second-order valence-corrected chi connectivity index (χ2v) is 4.72. The highest BCUT2D eigenvalue weighted by Gasteiger charge is 2.21. The molecule has 1 aliphatic carbocycles. The summed E-state index contributed by atoms with van der Waals surface area (Å²) in [5.74, 6) is 0.815.